The van der Waals surface area contributed by atoms with Crippen molar-refractivity contribution >= 4 is 63.5 Å². The summed E-state index contributed by atoms with van der Waals surface area (Å²) in [6.07, 6.45) is 0. The first kappa shape index (κ1) is 24.9. The van der Waals surface area contributed by atoms with Crippen molar-refractivity contribution in [2.45, 2.75) is 23.1 Å². The van der Waals surface area contributed by atoms with Gasteiger partial charge in [0.05, 0.1) is 13.2 Å². The predicted molar refractivity (Wildman–Crippen MR) is 125 cm³/mol. The molecule has 2 unspecified atom stereocenters. The maximum atomic E-state index is 12.9. The van der Waals surface area contributed by atoms with Crippen molar-refractivity contribution < 1.29 is 29.4 Å². The van der Waals surface area contributed by atoms with Crippen LogP contribution in [-0.2, 0) is 25.8 Å². The third-order valence-corrected chi connectivity index (χ3v) is 7.94. The molecule has 18 heteroatoms. The number of β-lactam (4-membered cyclic amide) rings is 1. The van der Waals surface area contributed by atoms with Crippen LogP contribution >= 0.6 is 34.9 Å². The first-order chi connectivity index (χ1) is 16.8. The molecule has 35 heavy (non-hydrogen) atoms. The minimum atomic E-state index is -1.25. The van der Waals surface area contributed by atoms with Gasteiger partial charge < -0.3 is 26.1 Å². The molecule has 2 aromatic heterocycles. The van der Waals surface area contributed by atoms with Gasteiger partial charge in [0.1, 0.15) is 29.9 Å². The molecule has 186 valence electrons. The van der Waals surface area contributed by atoms with Gasteiger partial charge in [0, 0.05) is 16.9 Å². The van der Waals surface area contributed by atoms with Crippen LogP contribution in [0.25, 0.3) is 0 Å². The number of amides is 2. The van der Waals surface area contributed by atoms with Crippen molar-refractivity contribution in [1.29, 1.82) is 0 Å². The number of carbonyl (C=O) groups is 3. The molecule has 1 saturated heterocycles. The molecule has 2 aromatic rings. The predicted octanol–water partition coefficient (Wildman–Crippen LogP) is -1.41. The second-order valence-electron chi connectivity index (χ2n) is 7.01. The number of carbonyl (C=O) groups excluding carboxylic acids is 2. The minimum absolute atomic E-state index is 0.129. The molecule has 0 aliphatic carbocycles. The average molecular weight is 542 g/mol. The van der Waals surface area contributed by atoms with Crippen molar-refractivity contribution in [3.8, 4) is 0 Å². The molecule has 0 spiro atoms. The first-order valence-corrected chi connectivity index (χ1v) is 12.8. The van der Waals surface area contributed by atoms with Crippen molar-refractivity contribution in [2.24, 2.45) is 5.16 Å². The normalized spacial score (nSPS) is 19.9. The number of nitrogens with one attached hydrogen (secondary N) is 1. The number of carboxylic acids is 1. The number of aliphatic hydroxyl groups is 1. The zero-order chi connectivity index (χ0) is 25.1. The number of aliphatic hydroxyl groups excluding tert-OH is 1. The molecule has 0 saturated carbocycles. The van der Waals surface area contributed by atoms with Crippen LogP contribution in [-0.4, -0.2) is 100 Å². The molecular formula is C17H19N9O6S3. The highest BCUT2D eigenvalue weighted by Crippen LogP contribution is 2.41. The van der Waals surface area contributed by atoms with Crippen LogP contribution in [0.5, 0.6) is 0 Å². The van der Waals surface area contributed by atoms with E-state index in [1.807, 2.05) is 0 Å². The number of carboxylic acid groups (broad SMARTS) is 1. The number of tetrazole rings is 1. The highest BCUT2D eigenvalue weighted by Gasteiger charge is 2.54. The number of hydrogen-bond acceptors (Lipinski definition) is 14. The number of thiazole rings is 1. The van der Waals surface area contributed by atoms with Gasteiger partial charge in [0.15, 0.2) is 10.8 Å². The number of aliphatic carboxylic acids is 1. The van der Waals surface area contributed by atoms with Crippen molar-refractivity contribution in [1.82, 2.24) is 35.4 Å². The third-order valence-electron chi connectivity index (χ3n) is 4.88. The van der Waals surface area contributed by atoms with Gasteiger partial charge >= 0.3 is 5.97 Å². The smallest absolute Gasteiger partial charge is 0.352 e. The van der Waals surface area contributed by atoms with E-state index in [-0.39, 0.29) is 41.1 Å². The zero-order valence-electron chi connectivity index (χ0n) is 18.0. The van der Waals surface area contributed by atoms with Gasteiger partial charge in [-0.1, -0.05) is 16.9 Å². The molecule has 2 aliphatic rings. The molecule has 2 atom stereocenters. The lowest BCUT2D eigenvalue weighted by Crippen LogP contribution is -2.71. The van der Waals surface area contributed by atoms with Crippen LogP contribution in [0, 0.1) is 0 Å². The summed E-state index contributed by atoms with van der Waals surface area (Å²) in [6, 6.07) is -0.953. The maximum absolute atomic E-state index is 12.9. The number of nitrogens with zero attached hydrogens (tertiary/aromatic N) is 7. The number of hydrogen-bond donors (Lipinski definition) is 4. The maximum Gasteiger partial charge on any atom is 0.352 e. The Morgan fingerprint density at radius 2 is 2.26 bits per heavy atom. The number of fused-ring (bicyclic) bond motifs is 1. The van der Waals surface area contributed by atoms with E-state index in [1.165, 1.54) is 45.6 Å². The second-order valence-corrected chi connectivity index (χ2v) is 9.95. The molecule has 4 heterocycles. The summed E-state index contributed by atoms with van der Waals surface area (Å²) in [5.74, 6) is -1.97. The summed E-state index contributed by atoms with van der Waals surface area (Å²) in [7, 11) is 1.27. The summed E-state index contributed by atoms with van der Waals surface area (Å²) < 4.78 is 1.40. The lowest BCUT2D eigenvalue weighted by molar-refractivity contribution is -0.150. The number of aromatic nitrogens is 5. The van der Waals surface area contributed by atoms with Crippen LogP contribution in [0.3, 0.4) is 0 Å². The molecule has 0 radical (unpaired) electrons. The van der Waals surface area contributed by atoms with E-state index in [4.69, 9.17) is 15.7 Å². The number of oxime groups is 1. The van der Waals surface area contributed by atoms with Crippen LogP contribution in [0.4, 0.5) is 5.13 Å². The summed E-state index contributed by atoms with van der Waals surface area (Å²) in [5, 5.41) is 38.0. The van der Waals surface area contributed by atoms with Crippen LogP contribution in [0.1, 0.15) is 5.69 Å². The third kappa shape index (κ3) is 4.95. The second kappa shape index (κ2) is 10.6. The van der Waals surface area contributed by atoms with E-state index < -0.39 is 29.2 Å². The largest absolute Gasteiger partial charge is 0.477 e. The zero-order valence-corrected chi connectivity index (χ0v) is 20.5. The fourth-order valence-corrected chi connectivity index (χ4v) is 6.32. The standard InChI is InChI=1S/C17H19N9O6S3/c1-32-22-9(8-6-34-16(18)19-8)12(28)20-10-13(29)26-11(15(30)31)7(4-33-14(10)26)5-35-17-21-23-24-25(17)2-3-27/h6,10,14,27H,2-5H2,1H3,(H2,18,19)(H,20,28)(H,30,31)/b22-9+. The Bertz CT molecular complexity index is 1210. The molecule has 2 aliphatic heterocycles. The van der Waals surface area contributed by atoms with Crippen molar-refractivity contribution in [2.75, 3.05) is 31.0 Å². The Morgan fingerprint density at radius 1 is 1.46 bits per heavy atom. The number of nitrogen functional groups attached to an aromatic ring is 1. The molecular weight excluding hydrogens is 522 g/mol. The van der Waals surface area contributed by atoms with E-state index >= 15 is 0 Å². The van der Waals surface area contributed by atoms with Gasteiger partial charge in [0.25, 0.3) is 11.8 Å². The van der Waals surface area contributed by atoms with E-state index in [1.54, 1.807) is 0 Å². The SMILES string of the molecule is CO/N=C(/C(=O)NC1C(=O)N2C(C(=O)O)=C(CSc3nnnn3CCO)CSC12)c1csc(N)n1. The average Bonchev–Trinajstić information content (AvgIpc) is 3.47. The van der Waals surface area contributed by atoms with Crippen LogP contribution in [0.15, 0.2) is 27.0 Å². The Labute approximate surface area is 209 Å². The summed E-state index contributed by atoms with van der Waals surface area (Å²) in [6.45, 7) is 0.0477. The van der Waals surface area contributed by atoms with Gasteiger partial charge in [-0.2, -0.15) is 0 Å². The summed E-state index contributed by atoms with van der Waals surface area (Å²) in [4.78, 5) is 47.7. The Morgan fingerprint density at radius 3 is 2.91 bits per heavy atom. The highest BCUT2D eigenvalue weighted by molar-refractivity contribution is 8.01. The summed E-state index contributed by atoms with van der Waals surface area (Å²) in [5.41, 5.74) is 6.05. The molecule has 2 amide bonds. The Kier molecular flexibility index (Phi) is 7.53. The Hall–Kier alpha value is -3.22. The number of nitrogens with two attached hydrogens (primary N) is 1. The van der Waals surface area contributed by atoms with Gasteiger partial charge in [-0.15, -0.1) is 28.2 Å². The molecule has 4 rings (SSSR count). The molecule has 0 bridgehead atoms. The van der Waals surface area contributed by atoms with Gasteiger partial charge in [-0.25, -0.2) is 14.5 Å². The fraction of sp³-hybridized carbons (Fsp3) is 0.412. The molecule has 15 nitrogen and oxygen atoms in total. The minimum Gasteiger partial charge on any atom is -0.477 e. The lowest BCUT2D eigenvalue weighted by Gasteiger charge is -2.49. The fourth-order valence-electron chi connectivity index (χ4n) is 3.38. The monoisotopic (exact) mass is 541 g/mol. The molecule has 0 aromatic carbocycles. The number of rotatable bonds is 10. The number of anilines is 1. The Balaban J connectivity index is 1.48. The lowest BCUT2D eigenvalue weighted by atomic mass is 10.0. The quantitative estimate of drug-likeness (QED) is 0.118. The van der Waals surface area contributed by atoms with Gasteiger partial charge in [-0.3, -0.25) is 14.5 Å². The van der Waals surface area contributed by atoms with E-state index in [0.29, 0.717) is 16.5 Å². The van der Waals surface area contributed by atoms with E-state index in [0.717, 1.165) is 11.3 Å². The molecule has 1 fully saturated rings. The van der Waals surface area contributed by atoms with Crippen LogP contribution in [0.2, 0.25) is 0 Å². The van der Waals surface area contributed by atoms with E-state index in [9.17, 15) is 19.5 Å². The highest BCUT2D eigenvalue weighted by atomic mass is 32.2. The number of thioether (sulfide) groups is 2. The van der Waals surface area contributed by atoms with Crippen LogP contribution < -0.4 is 11.1 Å². The first-order valence-electron chi connectivity index (χ1n) is 9.88. The van der Waals surface area contributed by atoms with E-state index in [2.05, 4.69) is 31.0 Å². The van der Waals surface area contributed by atoms with Gasteiger partial charge in [-0.05, 0) is 16.0 Å². The topological polar surface area (TPSA) is 211 Å². The summed E-state index contributed by atoms with van der Waals surface area (Å²) >= 11 is 3.64. The van der Waals surface area contributed by atoms with Gasteiger partial charge in [0.2, 0.25) is 5.16 Å². The molecule has 5 N–H and O–H groups in total. The van der Waals surface area contributed by atoms with Crippen molar-refractivity contribution in [3.63, 3.8) is 0 Å². The van der Waals surface area contributed by atoms with Crippen molar-refractivity contribution in [3.05, 3.63) is 22.3 Å².